The SMILES string of the molecule is NCCC(=O)N1C2CCC1CN(c1ncnc3[nH]ccc13)C2. The number of nitrogens with one attached hydrogen (secondary N) is 1. The number of carbonyl (C=O) groups is 1. The van der Waals surface area contributed by atoms with Crippen molar-refractivity contribution in [1.29, 1.82) is 0 Å². The lowest BCUT2D eigenvalue weighted by Crippen LogP contribution is -2.56. The van der Waals surface area contributed by atoms with Gasteiger partial charge < -0.3 is 20.5 Å². The third kappa shape index (κ3) is 2.04. The fourth-order valence-electron chi connectivity index (χ4n) is 3.85. The van der Waals surface area contributed by atoms with Crippen LogP contribution in [0.4, 0.5) is 5.82 Å². The largest absolute Gasteiger partial charge is 0.352 e. The summed E-state index contributed by atoms with van der Waals surface area (Å²) in [6, 6.07) is 2.57. The molecule has 0 aromatic carbocycles. The molecular formula is C15H20N6O. The van der Waals surface area contributed by atoms with E-state index in [1.807, 2.05) is 12.3 Å². The van der Waals surface area contributed by atoms with Crippen molar-refractivity contribution in [2.45, 2.75) is 31.3 Å². The molecule has 4 heterocycles. The van der Waals surface area contributed by atoms with Crippen LogP contribution >= 0.6 is 0 Å². The van der Waals surface area contributed by atoms with Crippen LogP contribution in [0.25, 0.3) is 11.0 Å². The van der Waals surface area contributed by atoms with E-state index in [1.54, 1.807) is 6.33 Å². The van der Waals surface area contributed by atoms with Crippen molar-refractivity contribution in [2.75, 3.05) is 24.5 Å². The topological polar surface area (TPSA) is 91.1 Å². The van der Waals surface area contributed by atoms with Gasteiger partial charge in [-0.2, -0.15) is 0 Å². The van der Waals surface area contributed by atoms with E-state index in [0.29, 0.717) is 13.0 Å². The molecule has 0 spiro atoms. The average molecular weight is 300 g/mol. The minimum Gasteiger partial charge on any atom is -0.352 e. The van der Waals surface area contributed by atoms with Crippen LogP contribution in [0.1, 0.15) is 19.3 Å². The first-order chi connectivity index (χ1) is 10.8. The number of hydrogen-bond donors (Lipinski definition) is 2. The highest BCUT2D eigenvalue weighted by Crippen LogP contribution is 2.34. The van der Waals surface area contributed by atoms with Gasteiger partial charge in [-0.1, -0.05) is 0 Å². The molecule has 2 aromatic heterocycles. The average Bonchev–Trinajstić information content (AvgIpc) is 3.09. The Hall–Kier alpha value is -2.15. The summed E-state index contributed by atoms with van der Waals surface area (Å²) in [5, 5.41) is 1.05. The first-order valence-corrected chi connectivity index (χ1v) is 7.82. The minimum atomic E-state index is 0.198. The van der Waals surface area contributed by atoms with Crippen molar-refractivity contribution in [3.8, 4) is 0 Å². The quantitative estimate of drug-likeness (QED) is 0.860. The molecule has 116 valence electrons. The van der Waals surface area contributed by atoms with Crippen molar-refractivity contribution in [3.63, 3.8) is 0 Å². The second kappa shape index (κ2) is 5.24. The first-order valence-electron chi connectivity index (χ1n) is 7.82. The highest BCUT2D eigenvalue weighted by molar-refractivity contribution is 5.87. The van der Waals surface area contributed by atoms with Crippen LogP contribution in [-0.4, -0.2) is 57.5 Å². The summed E-state index contributed by atoms with van der Waals surface area (Å²) in [6.07, 6.45) is 6.07. The highest BCUT2D eigenvalue weighted by atomic mass is 16.2. The van der Waals surface area contributed by atoms with Crippen LogP contribution in [0.2, 0.25) is 0 Å². The van der Waals surface area contributed by atoms with E-state index in [4.69, 9.17) is 5.73 Å². The predicted molar refractivity (Wildman–Crippen MR) is 83.4 cm³/mol. The Bertz CT molecular complexity index is 684. The molecule has 0 radical (unpaired) electrons. The zero-order valence-electron chi connectivity index (χ0n) is 12.4. The number of amides is 1. The summed E-state index contributed by atoms with van der Waals surface area (Å²) in [4.78, 5) is 28.5. The van der Waals surface area contributed by atoms with Crippen LogP contribution in [0.5, 0.6) is 0 Å². The maximum absolute atomic E-state index is 12.3. The fourth-order valence-corrected chi connectivity index (χ4v) is 3.85. The zero-order valence-corrected chi connectivity index (χ0v) is 12.4. The number of carbonyl (C=O) groups excluding carboxylic acids is 1. The minimum absolute atomic E-state index is 0.198. The number of fused-ring (bicyclic) bond motifs is 3. The molecule has 7 heteroatoms. The Morgan fingerprint density at radius 3 is 2.82 bits per heavy atom. The van der Waals surface area contributed by atoms with E-state index in [0.717, 1.165) is 42.8 Å². The van der Waals surface area contributed by atoms with Crippen molar-refractivity contribution < 1.29 is 4.79 Å². The molecular weight excluding hydrogens is 280 g/mol. The van der Waals surface area contributed by atoms with Gasteiger partial charge in [0.05, 0.1) is 5.39 Å². The van der Waals surface area contributed by atoms with Crippen LogP contribution in [0.3, 0.4) is 0 Å². The van der Waals surface area contributed by atoms with Crippen molar-refractivity contribution in [2.24, 2.45) is 5.73 Å². The second-order valence-corrected chi connectivity index (χ2v) is 6.07. The van der Waals surface area contributed by atoms with E-state index in [-0.39, 0.29) is 18.0 Å². The molecule has 2 aliphatic rings. The smallest absolute Gasteiger partial charge is 0.224 e. The molecule has 2 aliphatic heterocycles. The predicted octanol–water partition coefficient (Wildman–Crippen LogP) is 0.486. The molecule has 22 heavy (non-hydrogen) atoms. The van der Waals surface area contributed by atoms with Gasteiger partial charge >= 0.3 is 0 Å². The lowest BCUT2D eigenvalue weighted by Gasteiger charge is -2.41. The molecule has 0 aliphatic carbocycles. The molecule has 7 nitrogen and oxygen atoms in total. The molecule has 2 bridgehead atoms. The van der Waals surface area contributed by atoms with Crippen molar-refractivity contribution in [3.05, 3.63) is 18.6 Å². The summed E-state index contributed by atoms with van der Waals surface area (Å²) < 4.78 is 0. The van der Waals surface area contributed by atoms with Gasteiger partial charge in [0, 0.05) is 44.3 Å². The van der Waals surface area contributed by atoms with Crippen molar-refractivity contribution >= 4 is 22.8 Å². The molecule has 0 saturated carbocycles. The molecule has 3 N–H and O–H groups in total. The number of nitrogens with zero attached hydrogens (tertiary/aromatic N) is 4. The van der Waals surface area contributed by atoms with Gasteiger partial charge in [-0.05, 0) is 18.9 Å². The first kappa shape index (κ1) is 13.5. The fraction of sp³-hybridized carbons (Fsp3) is 0.533. The van der Waals surface area contributed by atoms with E-state index >= 15 is 0 Å². The highest BCUT2D eigenvalue weighted by Gasteiger charge is 2.42. The van der Waals surface area contributed by atoms with Gasteiger partial charge in [-0.15, -0.1) is 0 Å². The number of nitrogens with two attached hydrogens (primary N) is 1. The lowest BCUT2D eigenvalue weighted by atomic mass is 10.1. The summed E-state index contributed by atoms with van der Waals surface area (Å²) in [7, 11) is 0. The number of aromatic amines is 1. The Balaban J connectivity index is 1.60. The molecule has 2 aromatic rings. The van der Waals surface area contributed by atoms with E-state index in [9.17, 15) is 4.79 Å². The maximum Gasteiger partial charge on any atom is 0.224 e. The normalized spacial score (nSPS) is 24.2. The standard InChI is InChI=1S/C15H20N6O/c16-5-3-13(22)21-10-1-2-11(21)8-20(7-10)15-12-4-6-17-14(12)18-9-19-15/h4,6,9-11H,1-3,5,7-8,16H2,(H,17,18,19). The number of hydrogen-bond acceptors (Lipinski definition) is 5. The van der Waals surface area contributed by atoms with Crippen molar-refractivity contribution in [1.82, 2.24) is 19.9 Å². The monoisotopic (exact) mass is 300 g/mol. The zero-order chi connectivity index (χ0) is 15.1. The van der Waals surface area contributed by atoms with Gasteiger partial charge in [0.2, 0.25) is 5.91 Å². The van der Waals surface area contributed by atoms with E-state index < -0.39 is 0 Å². The van der Waals surface area contributed by atoms with Crippen LogP contribution in [0, 0.1) is 0 Å². The van der Waals surface area contributed by atoms with E-state index in [2.05, 4.69) is 24.8 Å². The van der Waals surface area contributed by atoms with Crippen LogP contribution in [0.15, 0.2) is 18.6 Å². The lowest BCUT2D eigenvalue weighted by molar-refractivity contribution is -0.134. The summed E-state index contributed by atoms with van der Waals surface area (Å²) in [5.41, 5.74) is 6.40. The number of piperazine rings is 1. The summed E-state index contributed by atoms with van der Waals surface area (Å²) in [5.74, 6) is 1.17. The Kier molecular flexibility index (Phi) is 3.22. The van der Waals surface area contributed by atoms with Gasteiger partial charge in [-0.25, -0.2) is 9.97 Å². The van der Waals surface area contributed by atoms with Gasteiger partial charge in [0.15, 0.2) is 0 Å². The van der Waals surface area contributed by atoms with Gasteiger partial charge in [0.25, 0.3) is 0 Å². The van der Waals surface area contributed by atoms with E-state index in [1.165, 1.54) is 0 Å². The Morgan fingerprint density at radius 2 is 2.09 bits per heavy atom. The van der Waals surface area contributed by atoms with Crippen LogP contribution in [-0.2, 0) is 4.79 Å². The summed E-state index contributed by atoms with van der Waals surface area (Å²) >= 11 is 0. The molecule has 1 amide bonds. The Labute approximate surface area is 128 Å². The third-order valence-corrected chi connectivity index (χ3v) is 4.76. The number of rotatable bonds is 3. The molecule has 2 unspecified atom stereocenters. The van der Waals surface area contributed by atoms with Gasteiger partial charge in [0.1, 0.15) is 17.8 Å². The second-order valence-electron chi connectivity index (χ2n) is 6.07. The summed E-state index contributed by atoms with van der Waals surface area (Å²) in [6.45, 7) is 2.10. The molecule has 2 fully saturated rings. The molecule has 4 rings (SSSR count). The molecule has 2 saturated heterocycles. The Morgan fingerprint density at radius 1 is 1.32 bits per heavy atom. The number of anilines is 1. The van der Waals surface area contributed by atoms with Crippen LogP contribution < -0.4 is 10.6 Å². The number of aromatic nitrogens is 3. The van der Waals surface area contributed by atoms with Gasteiger partial charge in [-0.3, -0.25) is 4.79 Å². The maximum atomic E-state index is 12.3. The number of H-pyrrole nitrogens is 1. The third-order valence-electron chi connectivity index (χ3n) is 4.76. The molecule has 2 atom stereocenters.